The van der Waals surface area contributed by atoms with Crippen molar-refractivity contribution in [3.05, 3.63) is 23.2 Å². The van der Waals surface area contributed by atoms with Crippen LogP contribution in [0, 0.1) is 13.8 Å². The van der Waals surface area contributed by atoms with Crippen LogP contribution >= 0.6 is 11.8 Å². The minimum atomic E-state index is -0.848. The van der Waals surface area contributed by atoms with Crippen molar-refractivity contribution in [2.45, 2.75) is 13.8 Å². The van der Waals surface area contributed by atoms with Gasteiger partial charge in [-0.3, -0.25) is 9.59 Å². The third-order valence-electron chi connectivity index (χ3n) is 2.00. The van der Waals surface area contributed by atoms with E-state index in [1.807, 2.05) is 6.92 Å². The smallest absolute Gasteiger partial charge is 0.313 e. The number of carbonyl (C=O) groups is 2. The van der Waals surface area contributed by atoms with E-state index in [1.165, 1.54) is 11.8 Å². The van der Waals surface area contributed by atoms with Gasteiger partial charge in [-0.1, -0.05) is 0 Å². The summed E-state index contributed by atoms with van der Waals surface area (Å²) in [7, 11) is 0. The number of aliphatic carboxylic acids is 1. The highest BCUT2D eigenvalue weighted by Gasteiger charge is 2.13. The lowest BCUT2D eigenvalue weighted by Gasteiger charge is -2.02. The number of carbonyl (C=O) groups excluding carboxylic acids is 1. The van der Waals surface area contributed by atoms with E-state index in [9.17, 15) is 9.59 Å². The number of hydrogen-bond donors (Lipinski definition) is 2. The van der Waals surface area contributed by atoms with Gasteiger partial charge in [0, 0.05) is 17.9 Å². The van der Waals surface area contributed by atoms with E-state index < -0.39 is 5.97 Å². The molecule has 6 heteroatoms. The van der Waals surface area contributed by atoms with Crippen molar-refractivity contribution in [3.8, 4) is 0 Å². The summed E-state index contributed by atoms with van der Waals surface area (Å²) in [4.78, 5) is 21.9. The van der Waals surface area contributed by atoms with Gasteiger partial charge in [0.15, 0.2) is 5.76 Å². The fraction of sp³-hybridized carbons (Fsp3) is 0.455. The fourth-order valence-corrected chi connectivity index (χ4v) is 1.91. The topological polar surface area (TPSA) is 79.5 Å². The van der Waals surface area contributed by atoms with Crippen LogP contribution in [-0.2, 0) is 4.79 Å². The summed E-state index contributed by atoms with van der Waals surface area (Å²) in [5, 5.41) is 11.1. The first-order valence-electron chi connectivity index (χ1n) is 5.15. The predicted octanol–water partition coefficient (Wildman–Crippen LogP) is 1.44. The fourth-order valence-electron chi connectivity index (χ4n) is 1.34. The van der Waals surface area contributed by atoms with Crippen LogP contribution in [0.4, 0.5) is 0 Å². The zero-order valence-electron chi connectivity index (χ0n) is 9.78. The van der Waals surface area contributed by atoms with Crippen LogP contribution in [0.3, 0.4) is 0 Å². The standard InChI is InChI=1S/C11H15NO4S/c1-7-5-8(2)16-10(7)11(15)12-3-4-17-6-9(13)14/h5H,3-4,6H2,1-2H3,(H,12,15)(H,13,14). The number of hydrogen-bond acceptors (Lipinski definition) is 4. The van der Waals surface area contributed by atoms with E-state index in [2.05, 4.69) is 5.32 Å². The van der Waals surface area contributed by atoms with Crippen molar-refractivity contribution in [2.75, 3.05) is 18.1 Å². The van der Waals surface area contributed by atoms with Crippen LogP contribution in [0.1, 0.15) is 21.9 Å². The van der Waals surface area contributed by atoms with Crippen LogP contribution < -0.4 is 5.32 Å². The second-order valence-corrected chi connectivity index (χ2v) is 4.68. The maximum atomic E-state index is 11.6. The van der Waals surface area contributed by atoms with Crippen molar-refractivity contribution in [1.82, 2.24) is 5.32 Å². The van der Waals surface area contributed by atoms with Crippen molar-refractivity contribution in [1.29, 1.82) is 0 Å². The van der Waals surface area contributed by atoms with E-state index in [4.69, 9.17) is 9.52 Å². The number of carboxylic acids is 1. The van der Waals surface area contributed by atoms with Crippen LogP contribution in [0.25, 0.3) is 0 Å². The van der Waals surface area contributed by atoms with E-state index in [1.54, 1.807) is 13.0 Å². The Kier molecular flexibility index (Phi) is 5.09. The molecule has 1 aromatic rings. The molecule has 0 aromatic carbocycles. The second-order valence-electron chi connectivity index (χ2n) is 3.57. The number of aryl methyl sites for hydroxylation is 2. The summed E-state index contributed by atoms with van der Waals surface area (Å²) in [6.07, 6.45) is 0. The average Bonchev–Trinajstić information content (AvgIpc) is 2.56. The Hall–Kier alpha value is -1.43. The molecular formula is C11H15NO4S. The number of carboxylic acid groups (broad SMARTS) is 1. The van der Waals surface area contributed by atoms with Gasteiger partial charge < -0.3 is 14.8 Å². The van der Waals surface area contributed by atoms with Gasteiger partial charge >= 0.3 is 5.97 Å². The molecule has 0 aliphatic heterocycles. The van der Waals surface area contributed by atoms with Crippen LogP contribution in [0.5, 0.6) is 0 Å². The van der Waals surface area contributed by atoms with Crippen LogP contribution in [0.2, 0.25) is 0 Å². The molecule has 1 rings (SSSR count). The van der Waals surface area contributed by atoms with Crippen molar-refractivity contribution >= 4 is 23.6 Å². The highest BCUT2D eigenvalue weighted by Crippen LogP contribution is 2.13. The van der Waals surface area contributed by atoms with Gasteiger partial charge in [0.05, 0.1) is 5.75 Å². The van der Waals surface area contributed by atoms with Crippen LogP contribution in [0.15, 0.2) is 10.5 Å². The Balaban J connectivity index is 2.30. The van der Waals surface area contributed by atoms with Gasteiger partial charge in [0.2, 0.25) is 0 Å². The molecule has 0 fully saturated rings. The molecule has 0 atom stereocenters. The van der Waals surface area contributed by atoms with Crippen molar-refractivity contribution in [3.63, 3.8) is 0 Å². The van der Waals surface area contributed by atoms with Crippen molar-refractivity contribution in [2.24, 2.45) is 0 Å². The lowest BCUT2D eigenvalue weighted by atomic mass is 10.2. The summed E-state index contributed by atoms with van der Waals surface area (Å²) in [6, 6.07) is 1.80. The summed E-state index contributed by atoms with van der Waals surface area (Å²) in [5.74, 6) is 0.537. The molecule has 0 bridgehead atoms. The summed E-state index contributed by atoms with van der Waals surface area (Å²) in [6.45, 7) is 4.02. The Bertz CT molecular complexity index is 414. The lowest BCUT2D eigenvalue weighted by molar-refractivity contribution is -0.133. The normalized spacial score (nSPS) is 10.2. The quantitative estimate of drug-likeness (QED) is 0.754. The molecule has 0 saturated heterocycles. The first-order valence-corrected chi connectivity index (χ1v) is 6.31. The first-order chi connectivity index (χ1) is 8.00. The molecule has 0 aliphatic carbocycles. The second kappa shape index (κ2) is 6.34. The van der Waals surface area contributed by atoms with E-state index in [0.29, 0.717) is 23.8 Å². The molecule has 1 amide bonds. The average molecular weight is 257 g/mol. The third kappa shape index (κ3) is 4.52. The molecular weight excluding hydrogens is 242 g/mol. The zero-order valence-corrected chi connectivity index (χ0v) is 10.6. The summed E-state index contributed by atoms with van der Waals surface area (Å²) >= 11 is 1.26. The molecule has 5 nitrogen and oxygen atoms in total. The highest BCUT2D eigenvalue weighted by molar-refractivity contribution is 7.99. The molecule has 2 N–H and O–H groups in total. The third-order valence-corrected chi connectivity index (χ3v) is 2.95. The molecule has 1 heterocycles. The van der Waals surface area contributed by atoms with Gasteiger partial charge in [-0.2, -0.15) is 0 Å². The van der Waals surface area contributed by atoms with E-state index in [0.717, 1.165) is 5.56 Å². The molecule has 0 spiro atoms. The number of thioether (sulfide) groups is 1. The van der Waals surface area contributed by atoms with Crippen LogP contribution in [-0.4, -0.2) is 35.0 Å². The molecule has 0 unspecified atom stereocenters. The van der Waals surface area contributed by atoms with Gasteiger partial charge in [0.1, 0.15) is 5.76 Å². The molecule has 94 valence electrons. The Morgan fingerprint density at radius 3 is 2.71 bits per heavy atom. The maximum Gasteiger partial charge on any atom is 0.313 e. The SMILES string of the molecule is Cc1cc(C)c(C(=O)NCCSCC(=O)O)o1. The Morgan fingerprint density at radius 1 is 1.47 bits per heavy atom. The molecule has 1 aromatic heterocycles. The largest absolute Gasteiger partial charge is 0.481 e. The summed E-state index contributed by atoms with van der Waals surface area (Å²) < 4.78 is 5.26. The zero-order chi connectivity index (χ0) is 12.8. The van der Waals surface area contributed by atoms with Gasteiger partial charge in [0.25, 0.3) is 5.91 Å². The lowest BCUT2D eigenvalue weighted by Crippen LogP contribution is -2.26. The monoisotopic (exact) mass is 257 g/mol. The van der Waals surface area contributed by atoms with E-state index in [-0.39, 0.29) is 11.7 Å². The molecule has 0 radical (unpaired) electrons. The first kappa shape index (κ1) is 13.6. The number of rotatable bonds is 6. The van der Waals surface area contributed by atoms with Gasteiger partial charge in [-0.05, 0) is 19.9 Å². The predicted molar refractivity (Wildman–Crippen MR) is 65.5 cm³/mol. The van der Waals surface area contributed by atoms with Crippen molar-refractivity contribution < 1.29 is 19.1 Å². The van der Waals surface area contributed by atoms with E-state index >= 15 is 0 Å². The number of nitrogens with one attached hydrogen (secondary N) is 1. The molecule has 0 aliphatic rings. The molecule has 17 heavy (non-hydrogen) atoms. The van der Waals surface area contributed by atoms with Gasteiger partial charge in [-0.25, -0.2) is 0 Å². The van der Waals surface area contributed by atoms with Gasteiger partial charge in [-0.15, -0.1) is 11.8 Å². The minimum Gasteiger partial charge on any atom is -0.481 e. The Labute approximate surface area is 104 Å². The number of amides is 1. The Morgan fingerprint density at radius 2 is 2.18 bits per heavy atom. The highest BCUT2D eigenvalue weighted by atomic mass is 32.2. The maximum absolute atomic E-state index is 11.6. The minimum absolute atomic E-state index is 0.0504. The number of furan rings is 1. The summed E-state index contributed by atoms with van der Waals surface area (Å²) in [5.41, 5.74) is 0.804. The molecule has 0 saturated carbocycles.